The fourth-order valence-corrected chi connectivity index (χ4v) is 3.58. The molecule has 0 saturated carbocycles. The van der Waals surface area contributed by atoms with Crippen LogP contribution in [0.1, 0.15) is 53.4 Å². The van der Waals surface area contributed by atoms with E-state index in [1.807, 2.05) is 32.6 Å². The SMILES string of the molecule is CCOCC1CCCN(C(=O)C2CCN(C(=O)OC(C)(C)C)CC2)C1. The first-order valence-corrected chi connectivity index (χ1v) is 9.64. The maximum absolute atomic E-state index is 12.8. The highest BCUT2D eigenvalue weighted by molar-refractivity contribution is 5.79. The molecule has 144 valence electrons. The van der Waals surface area contributed by atoms with Gasteiger partial charge in [0.15, 0.2) is 0 Å². The van der Waals surface area contributed by atoms with Gasteiger partial charge < -0.3 is 19.3 Å². The van der Waals surface area contributed by atoms with E-state index in [-0.39, 0.29) is 17.9 Å². The Labute approximate surface area is 151 Å². The van der Waals surface area contributed by atoms with E-state index in [1.165, 1.54) is 0 Å². The predicted molar refractivity (Wildman–Crippen MR) is 96.3 cm³/mol. The van der Waals surface area contributed by atoms with Gasteiger partial charge in [0.25, 0.3) is 0 Å². The molecule has 2 amide bonds. The highest BCUT2D eigenvalue weighted by Crippen LogP contribution is 2.25. The molecule has 0 N–H and O–H groups in total. The van der Waals surface area contributed by atoms with Crippen molar-refractivity contribution in [2.24, 2.45) is 11.8 Å². The molecule has 2 heterocycles. The van der Waals surface area contributed by atoms with Gasteiger partial charge >= 0.3 is 6.09 Å². The number of hydrogen-bond donors (Lipinski definition) is 0. The Hall–Kier alpha value is -1.30. The maximum atomic E-state index is 12.8. The van der Waals surface area contributed by atoms with Crippen molar-refractivity contribution in [2.45, 2.75) is 59.0 Å². The summed E-state index contributed by atoms with van der Waals surface area (Å²) in [5.74, 6) is 0.745. The zero-order chi connectivity index (χ0) is 18.4. The molecule has 2 aliphatic rings. The van der Waals surface area contributed by atoms with Crippen LogP contribution in [0.25, 0.3) is 0 Å². The molecule has 0 spiro atoms. The summed E-state index contributed by atoms with van der Waals surface area (Å²) >= 11 is 0. The van der Waals surface area contributed by atoms with Gasteiger partial charge in [0.2, 0.25) is 5.91 Å². The van der Waals surface area contributed by atoms with E-state index in [2.05, 4.69) is 0 Å². The Balaban J connectivity index is 1.79. The summed E-state index contributed by atoms with van der Waals surface area (Å²) in [6, 6.07) is 0. The van der Waals surface area contributed by atoms with Crippen LogP contribution in [0.3, 0.4) is 0 Å². The highest BCUT2D eigenvalue weighted by atomic mass is 16.6. The summed E-state index contributed by atoms with van der Waals surface area (Å²) in [7, 11) is 0. The van der Waals surface area contributed by atoms with E-state index in [4.69, 9.17) is 9.47 Å². The summed E-state index contributed by atoms with van der Waals surface area (Å²) < 4.78 is 10.9. The highest BCUT2D eigenvalue weighted by Gasteiger charge is 2.33. The number of ether oxygens (including phenoxy) is 2. The lowest BCUT2D eigenvalue weighted by Crippen LogP contribution is -2.48. The van der Waals surface area contributed by atoms with E-state index >= 15 is 0 Å². The van der Waals surface area contributed by atoms with Crippen LogP contribution in [0.2, 0.25) is 0 Å². The molecule has 6 heteroatoms. The average molecular weight is 354 g/mol. The predicted octanol–water partition coefficient (Wildman–Crippen LogP) is 2.91. The fraction of sp³-hybridized carbons (Fsp3) is 0.895. The van der Waals surface area contributed by atoms with Gasteiger partial charge in [-0.1, -0.05) is 0 Å². The Bertz CT molecular complexity index is 453. The molecule has 2 aliphatic heterocycles. The Morgan fingerprint density at radius 2 is 1.72 bits per heavy atom. The van der Waals surface area contributed by atoms with E-state index in [9.17, 15) is 9.59 Å². The molecule has 2 saturated heterocycles. The minimum Gasteiger partial charge on any atom is -0.444 e. The molecule has 2 rings (SSSR count). The van der Waals surface area contributed by atoms with Crippen LogP contribution in [0, 0.1) is 11.8 Å². The van der Waals surface area contributed by atoms with Crippen molar-refractivity contribution in [1.82, 2.24) is 9.80 Å². The molecule has 1 atom stereocenters. The number of nitrogens with zero attached hydrogens (tertiary/aromatic N) is 2. The number of likely N-dealkylation sites (tertiary alicyclic amines) is 2. The van der Waals surface area contributed by atoms with Gasteiger partial charge in [0.05, 0.1) is 6.61 Å². The molecule has 1 unspecified atom stereocenters. The molecule has 0 bridgehead atoms. The molecule has 2 fully saturated rings. The van der Waals surface area contributed by atoms with Gasteiger partial charge in [0.1, 0.15) is 5.60 Å². The average Bonchev–Trinajstić information content (AvgIpc) is 2.58. The smallest absolute Gasteiger partial charge is 0.410 e. The zero-order valence-electron chi connectivity index (χ0n) is 16.3. The summed E-state index contributed by atoms with van der Waals surface area (Å²) in [5, 5.41) is 0. The van der Waals surface area contributed by atoms with Crippen molar-refractivity contribution in [3.63, 3.8) is 0 Å². The second-order valence-electron chi connectivity index (χ2n) is 8.19. The molecule has 6 nitrogen and oxygen atoms in total. The second kappa shape index (κ2) is 8.88. The first-order valence-electron chi connectivity index (χ1n) is 9.64. The number of rotatable bonds is 4. The second-order valence-corrected chi connectivity index (χ2v) is 8.19. The minimum atomic E-state index is -0.479. The molecule has 25 heavy (non-hydrogen) atoms. The van der Waals surface area contributed by atoms with Crippen molar-refractivity contribution >= 4 is 12.0 Å². The number of amides is 2. The molecular formula is C19H34N2O4. The summed E-state index contributed by atoms with van der Waals surface area (Å²) in [6.07, 6.45) is 3.38. The van der Waals surface area contributed by atoms with E-state index in [1.54, 1.807) is 4.90 Å². The summed E-state index contributed by atoms with van der Waals surface area (Å²) in [4.78, 5) is 28.7. The van der Waals surface area contributed by atoms with Crippen molar-refractivity contribution in [1.29, 1.82) is 0 Å². The third-order valence-corrected chi connectivity index (χ3v) is 4.88. The number of carbonyl (C=O) groups excluding carboxylic acids is 2. The van der Waals surface area contributed by atoms with Crippen LogP contribution in [0.5, 0.6) is 0 Å². The van der Waals surface area contributed by atoms with Crippen molar-refractivity contribution in [3.8, 4) is 0 Å². The standard InChI is InChI=1S/C19H34N2O4/c1-5-24-14-15-7-6-10-21(13-15)17(22)16-8-11-20(12-9-16)18(23)25-19(2,3)4/h15-16H,5-14H2,1-4H3. The van der Waals surface area contributed by atoms with E-state index in [0.29, 0.717) is 19.0 Å². The lowest BCUT2D eigenvalue weighted by molar-refractivity contribution is -0.139. The van der Waals surface area contributed by atoms with E-state index < -0.39 is 5.60 Å². The van der Waals surface area contributed by atoms with Crippen LogP contribution in [-0.4, -0.2) is 66.8 Å². The van der Waals surface area contributed by atoms with Crippen LogP contribution < -0.4 is 0 Å². The third-order valence-electron chi connectivity index (χ3n) is 4.88. The first kappa shape index (κ1) is 20.0. The van der Waals surface area contributed by atoms with Gasteiger partial charge in [-0.25, -0.2) is 4.79 Å². The molecular weight excluding hydrogens is 320 g/mol. The van der Waals surface area contributed by atoms with Gasteiger partial charge in [0, 0.05) is 38.7 Å². The quantitative estimate of drug-likeness (QED) is 0.779. The number of piperidine rings is 2. The van der Waals surface area contributed by atoms with Gasteiger partial charge in [-0.2, -0.15) is 0 Å². The van der Waals surface area contributed by atoms with Gasteiger partial charge in [-0.15, -0.1) is 0 Å². The minimum absolute atomic E-state index is 0.0320. The Morgan fingerprint density at radius 1 is 1.04 bits per heavy atom. The fourth-order valence-electron chi connectivity index (χ4n) is 3.58. The lowest BCUT2D eigenvalue weighted by atomic mass is 9.92. The molecule has 0 aromatic heterocycles. The maximum Gasteiger partial charge on any atom is 0.410 e. The molecule has 0 radical (unpaired) electrons. The van der Waals surface area contributed by atoms with Crippen LogP contribution in [0.4, 0.5) is 4.79 Å². The Morgan fingerprint density at radius 3 is 2.32 bits per heavy atom. The monoisotopic (exact) mass is 354 g/mol. The van der Waals surface area contributed by atoms with E-state index in [0.717, 1.165) is 52.0 Å². The van der Waals surface area contributed by atoms with Crippen molar-refractivity contribution in [3.05, 3.63) is 0 Å². The summed E-state index contributed by atoms with van der Waals surface area (Å²) in [5.41, 5.74) is -0.479. The number of hydrogen-bond acceptors (Lipinski definition) is 4. The normalized spacial score (nSPS) is 22.8. The largest absolute Gasteiger partial charge is 0.444 e. The number of carbonyl (C=O) groups is 2. The molecule has 0 aromatic rings. The zero-order valence-corrected chi connectivity index (χ0v) is 16.3. The molecule has 0 aliphatic carbocycles. The van der Waals surface area contributed by atoms with Crippen LogP contribution in [0.15, 0.2) is 0 Å². The van der Waals surface area contributed by atoms with Crippen molar-refractivity contribution < 1.29 is 19.1 Å². The van der Waals surface area contributed by atoms with Crippen molar-refractivity contribution in [2.75, 3.05) is 39.4 Å². The van der Waals surface area contributed by atoms with Gasteiger partial charge in [-0.05, 0) is 59.3 Å². The summed E-state index contributed by atoms with van der Waals surface area (Å²) in [6.45, 7) is 12.0. The third kappa shape index (κ3) is 6.17. The topological polar surface area (TPSA) is 59.1 Å². The van der Waals surface area contributed by atoms with Gasteiger partial charge in [-0.3, -0.25) is 4.79 Å². The van der Waals surface area contributed by atoms with Crippen LogP contribution >= 0.6 is 0 Å². The van der Waals surface area contributed by atoms with Crippen LogP contribution in [-0.2, 0) is 14.3 Å². The first-order chi connectivity index (χ1) is 11.8. The molecule has 0 aromatic carbocycles. The Kier molecular flexibility index (Phi) is 7.11. The lowest BCUT2D eigenvalue weighted by Gasteiger charge is -2.38.